The Bertz CT molecular complexity index is 621. The Balaban J connectivity index is 1.98. The number of rotatable bonds is 6. The molecule has 0 atom stereocenters. The third-order valence-corrected chi connectivity index (χ3v) is 3.54. The van der Waals surface area contributed by atoms with E-state index in [1.807, 2.05) is 42.5 Å². The smallest absolute Gasteiger partial charge is 0.152 e. The van der Waals surface area contributed by atoms with Gasteiger partial charge in [0.2, 0.25) is 0 Å². The first-order valence-electron chi connectivity index (χ1n) is 7.33. The highest BCUT2D eigenvalue weighted by Gasteiger charge is 2.07. The molecule has 0 aliphatic heterocycles. The predicted molar refractivity (Wildman–Crippen MR) is 95.0 cm³/mol. The number of hydrazone groups is 1. The Kier molecular flexibility index (Phi) is 5.38. The molecule has 0 bridgehead atoms. The van der Waals surface area contributed by atoms with Crippen molar-refractivity contribution in [2.75, 3.05) is 43.3 Å². The van der Waals surface area contributed by atoms with Crippen molar-refractivity contribution in [3.05, 3.63) is 48.5 Å². The van der Waals surface area contributed by atoms with Gasteiger partial charge in [-0.1, -0.05) is 12.1 Å². The third-order valence-electron chi connectivity index (χ3n) is 3.54. The van der Waals surface area contributed by atoms with Crippen LogP contribution in [0.4, 0.5) is 22.7 Å². The molecule has 0 saturated heterocycles. The van der Waals surface area contributed by atoms with Crippen molar-refractivity contribution >= 4 is 29.0 Å². The van der Waals surface area contributed by atoms with E-state index < -0.39 is 0 Å². The second-order valence-electron chi connectivity index (χ2n) is 5.14. The van der Waals surface area contributed by atoms with E-state index in [0.29, 0.717) is 0 Å². The zero-order valence-corrected chi connectivity index (χ0v) is 13.4. The minimum atomic E-state index is 0.740. The Labute approximate surface area is 132 Å². The lowest BCUT2D eigenvalue weighted by Gasteiger charge is -2.19. The summed E-state index contributed by atoms with van der Waals surface area (Å²) in [6.07, 6.45) is 1.91. The molecule has 0 aliphatic carbocycles. The molecule has 116 valence electrons. The fraction of sp³-hybridized carbons (Fsp3) is 0.235. The third kappa shape index (κ3) is 3.99. The Morgan fingerprint density at radius 3 is 2.45 bits per heavy atom. The van der Waals surface area contributed by atoms with Crippen LogP contribution >= 0.6 is 0 Å². The topological polar surface area (TPSA) is 61.5 Å². The van der Waals surface area contributed by atoms with E-state index in [1.54, 1.807) is 0 Å². The van der Waals surface area contributed by atoms with Gasteiger partial charge >= 0.3 is 0 Å². The van der Waals surface area contributed by atoms with Crippen molar-refractivity contribution in [3.63, 3.8) is 0 Å². The van der Waals surface area contributed by atoms with Gasteiger partial charge in [0.25, 0.3) is 0 Å². The van der Waals surface area contributed by atoms with Crippen LogP contribution in [-0.4, -0.2) is 33.9 Å². The molecule has 0 saturated carbocycles. The highest BCUT2D eigenvalue weighted by Crippen LogP contribution is 2.19. The Morgan fingerprint density at radius 1 is 1.09 bits per heavy atom. The van der Waals surface area contributed by atoms with Crippen LogP contribution in [-0.2, 0) is 0 Å². The lowest BCUT2D eigenvalue weighted by atomic mass is 10.2. The summed E-state index contributed by atoms with van der Waals surface area (Å²) in [4.78, 5) is 2.18. The van der Waals surface area contributed by atoms with Crippen molar-refractivity contribution in [3.8, 4) is 0 Å². The predicted octanol–water partition coefficient (Wildman–Crippen LogP) is 1.65. The molecule has 0 unspecified atom stereocenters. The van der Waals surface area contributed by atoms with E-state index in [2.05, 4.69) is 53.7 Å². The number of hydrogen-bond acceptors (Lipinski definition) is 4. The highest BCUT2D eigenvalue weighted by molar-refractivity contribution is 5.71. The zero-order chi connectivity index (χ0) is 15.9. The summed E-state index contributed by atoms with van der Waals surface area (Å²) in [7, 11) is 6.04. The lowest BCUT2D eigenvalue weighted by molar-refractivity contribution is -0.538. The Morgan fingerprint density at radius 2 is 1.77 bits per heavy atom. The van der Waals surface area contributed by atoms with Gasteiger partial charge in [-0.25, -0.2) is 0 Å². The van der Waals surface area contributed by atoms with E-state index in [9.17, 15) is 0 Å². The lowest BCUT2D eigenvalue weighted by Crippen LogP contribution is -2.73. The monoisotopic (exact) mass is 298 g/mol. The first-order chi connectivity index (χ1) is 10.6. The van der Waals surface area contributed by atoms with E-state index in [0.717, 1.165) is 17.9 Å². The fourth-order valence-corrected chi connectivity index (χ4v) is 2.22. The molecule has 2 aromatic rings. The molecule has 2 aromatic carbocycles. The number of nitrogen functional groups attached to an aromatic ring is 1. The van der Waals surface area contributed by atoms with Crippen LogP contribution in [0, 0.1) is 0 Å². The second-order valence-corrected chi connectivity index (χ2v) is 5.14. The van der Waals surface area contributed by atoms with Crippen molar-refractivity contribution in [2.24, 2.45) is 5.10 Å². The van der Waals surface area contributed by atoms with Crippen molar-refractivity contribution < 1.29 is 5.32 Å². The second kappa shape index (κ2) is 7.47. The molecule has 0 spiro atoms. The molecule has 5 heteroatoms. The summed E-state index contributed by atoms with van der Waals surface area (Å²) in [6.45, 7) is 0.740. The highest BCUT2D eigenvalue weighted by atomic mass is 15.4. The molecule has 0 aliphatic rings. The van der Waals surface area contributed by atoms with Crippen LogP contribution in [0.2, 0.25) is 0 Å². The van der Waals surface area contributed by atoms with Gasteiger partial charge in [0, 0.05) is 32.1 Å². The number of benzene rings is 2. The maximum absolute atomic E-state index is 5.69. The first kappa shape index (κ1) is 15.9. The molecular formula is C17H24N5+. The van der Waals surface area contributed by atoms with E-state index in [4.69, 9.17) is 5.73 Å². The normalized spacial score (nSPS) is 10.9. The van der Waals surface area contributed by atoms with Crippen LogP contribution in [0.5, 0.6) is 0 Å². The molecule has 5 nitrogen and oxygen atoms in total. The van der Waals surface area contributed by atoms with Gasteiger partial charge in [-0.15, -0.1) is 0 Å². The number of anilines is 3. The molecule has 0 amide bonds. The van der Waals surface area contributed by atoms with Gasteiger partial charge in [-0.3, -0.25) is 5.01 Å². The minimum absolute atomic E-state index is 0.740. The van der Waals surface area contributed by atoms with Crippen LogP contribution < -0.4 is 21.0 Å². The van der Waals surface area contributed by atoms with E-state index >= 15 is 0 Å². The molecule has 0 fully saturated rings. The van der Waals surface area contributed by atoms with E-state index in [-0.39, 0.29) is 0 Å². The van der Waals surface area contributed by atoms with Gasteiger partial charge in [-0.05, 0) is 30.3 Å². The van der Waals surface area contributed by atoms with Crippen molar-refractivity contribution in [2.45, 2.75) is 0 Å². The number of quaternary nitrogens is 1. The average Bonchev–Trinajstić information content (AvgIpc) is 2.55. The number of nitrogens with zero attached hydrogens (tertiary/aromatic N) is 3. The summed E-state index contributed by atoms with van der Waals surface area (Å²) < 4.78 is 0. The van der Waals surface area contributed by atoms with E-state index in [1.165, 1.54) is 11.4 Å². The molecule has 0 radical (unpaired) electrons. The number of hydrogen-bond donors (Lipinski definition) is 2. The summed E-state index contributed by atoms with van der Waals surface area (Å²) in [6, 6.07) is 16.0. The Hall–Kier alpha value is -2.53. The maximum Gasteiger partial charge on any atom is 0.152 e. The fourth-order valence-electron chi connectivity index (χ4n) is 2.22. The summed E-state index contributed by atoms with van der Waals surface area (Å²) in [5.74, 6) is 0. The van der Waals surface area contributed by atoms with Gasteiger partial charge in [0.15, 0.2) is 5.69 Å². The van der Waals surface area contributed by atoms with Crippen LogP contribution in [0.25, 0.3) is 0 Å². The average molecular weight is 298 g/mol. The maximum atomic E-state index is 5.69. The summed E-state index contributed by atoms with van der Waals surface area (Å²) >= 11 is 0. The standard InChI is InChI=1S/C17H23N5/c1-19-16-6-4-5-7-17(16)21(2)13-12-20-22(3)15-10-8-14(18)9-11-15/h4-12,19H,13,18H2,1-3H3/p+1/b20-12+. The van der Waals surface area contributed by atoms with Crippen LogP contribution in [0.3, 0.4) is 0 Å². The van der Waals surface area contributed by atoms with Gasteiger partial charge in [-0.2, -0.15) is 5.10 Å². The molecule has 0 heterocycles. The molecule has 4 N–H and O–H groups in total. The minimum Gasteiger partial charge on any atom is -0.399 e. The van der Waals surface area contributed by atoms with Crippen LogP contribution in [0.1, 0.15) is 0 Å². The summed E-state index contributed by atoms with van der Waals surface area (Å²) in [5, 5.41) is 8.41. The van der Waals surface area contributed by atoms with Gasteiger partial charge in [0.05, 0.1) is 25.0 Å². The molecule has 22 heavy (non-hydrogen) atoms. The van der Waals surface area contributed by atoms with Crippen LogP contribution in [0.15, 0.2) is 53.6 Å². The number of nitrogens with two attached hydrogens (primary N) is 2. The zero-order valence-electron chi connectivity index (χ0n) is 13.4. The first-order valence-corrected chi connectivity index (χ1v) is 7.33. The SMILES string of the molecule is C[NH2+]c1ccccc1N(C)C/C=N/N(C)c1ccc(N)cc1. The quantitative estimate of drug-likeness (QED) is 0.484. The van der Waals surface area contributed by atoms with Gasteiger partial charge in [0.1, 0.15) is 0 Å². The number of para-hydroxylation sites is 2. The van der Waals surface area contributed by atoms with Gasteiger partial charge < -0.3 is 16.0 Å². The molecule has 2 rings (SSSR count). The largest absolute Gasteiger partial charge is 0.399 e. The molecular weight excluding hydrogens is 274 g/mol. The van der Waals surface area contributed by atoms with Crippen molar-refractivity contribution in [1.82, 2.24) is 0 Å². The van der Waals surface area contributed by atoms with Crippen molar-refractivity contribution in [1.29, 1.82) is 0 Å². The summed E-state index contributed by atoms with van der Waals surface area (Å²) in [5.41, 5.74) is 9.89. The molecule has 0 aromatic heterocycles.